The van der Waals surface area contributed by atoms with Gasteiger partial charge < -0.3 is 20.3 Å². The third-order valence-corrected chi connectivity index (χ3v) is 5.79. The quantitative estimate of drug-likeness (QED) is 0.729. The van der Waals surface area contributed by atoms with Crippen molar-refractivity contribution in [3.63, 3.8) is 0 Å². The number of thioether (sulfide) groups is 1. The number of nitrogens with one attached hydrogen (secondary N) is 2. The number of carbonyl (C=O) groups excluding carboxylic acids is 3. The summed E-state index contributed by atoms with van der Waals surface area (Å²) in [6.07, 6.45) is 0.0284. The fraction of sp³-hybridized carbons (Fsp3) is 0.286. The van der Waals surface area contributed by atoms with E-state index < -0.39 is 5.25 Å². The van der Waals surface area contributed by atoms with Crippen LogP contribution in [0.4, 0.5) is 11.4 Å². The molecule has 1 atom stereocenters. The van der Waals surface area contributed by atoms with Crippen molar-refractivity contribution in [3.05, 3.63) is 48.5 Å². The Kier molecular flexibility index (Phi) is 6.77. The molecule has 0 spiro atoms. The summed E-state index contributed by atoms with van der Waals surface area (Å²) in [6, 6.07) is 14.6. The van der Waals surface area contributed by atoms with Crippen molar-refractivity contribution in [2.24, 2.45) is 0 Å². The zero-order valence-corrected chi connectivity index (χ0v) is 17.1. The normalized spacial score (nSPS) is 15.1. The van der Waals surface area contributed by atoms with Crippen molar-refractivity contribution in [1.82, 2.24) is 4.90 Å². The summed E-state index contributed by atoms with van der Waals surface area (Å²) in [5.41, 5.74) is 1.30. The Morgan fingerprint density at radius 2 is 1.90 bits per heavy atom. The lowest BCUT2D eigenvalue weighted by Crippen LogP contribution is -2.41. The molecule has 0 bridgehead atoms. The Hall–Kier alpha value is -3.00. The molecule has 0 fully saturated rings. The topological polar surface area (TPSA) is 87.7 Å². The third-order valence-electron chi connectivity index (χ3n) is 4.52. The first kappa shape index (κ1) is 20.7. The summed E-state index contributed by atoms with van der Waals surface area (Å²) < 4.78 is 5.22. The smallest absolute Gasteiger partial charge is 0.244 e. The fourth-order valence-corrected chi connectivity index (χ4v) is 4.10. The molecule has 0 aromatic heterocycles. The van der Waals surface area contributed by atoms with Crippen LogP contribution in [0.3, 0.4) is 0 Å². The van der Waals surface area contributed by atoms with Crippen molar-refractivity contribution < 1.29 is 19.1 Å². The molecule has 152 valence electrons. The van der Waals surface area contributed by atoms with Gasteiger partial charge in [-0.05, 0) is 31.2 Å². The second kappa shape index (κ2) is 9.47. The number of hydrogen-bond donors (Lipinski definition) is 2. The van der Waals surface area contributed by atoms with Crippen LogP contribution in [-0.2, 0) is 14.4 Å². The summed E-state index contributed by atoms with van der Waals surface area (Å²) in [7, 11) is 1.53. The number of para-hydroxylation sites is 3. The van der Waals surface area contributed by atoms with Crippen LogP contribution < -0.4 is 15.4 Å². The van der Waals surface area contributed by atoms with Crippen molar-refractivity contribution in [3.8, 4) is 5.75 Å². The van der Waals surface area contributed by atoms with E-state index in [1.54, 1.807) is 31.2 Å². The van der Waals surface area contributed by atoms with Crippen LogP contribution in [0.1, 0.15) is 13.3 Å². The zero-order chi connectivity index (χ0) is 20.8. The Balaban J connectivity index is 1.60. The summed E-state index contributed by atoms with van der Waals surface area (Å²) >= 11 is 1.37. The Bertz CT molecular complexity index is 918. The predicted molar refractivity (Wildman–Crippen MR) is 113 cm³/mol. The van der Waals surface area contributed by atoms with E-state index in [0.717, 1.165) is 10.6 Å². The summed E-state index contributed by atoms with van der Waals surface area (Å²) in [4.78, 5) is 39.9. The number of ether oxygens (including phenoxy) is 1. The molecule has 29 heavy (non-hydrogen) atoms. The molecule has 2 N–H and O–H groups in total. The van der Waals surface area contributed by atoms with Gasteiger partial charge in [-0.3, -0.25) is 14.4 Å². The maximum Gasteiger partial charge on any atom is 0.244 e. The minimum absolute atomic E-state index is 0.0284. The molecule has 1 aliphatic rings. The number of anilines is 2. The molecular weight excluding hydrogens is 390 g/mol. The van der Waals surface area contributed by atoms with Crippen molar-refractivity contribution in [1.29, 1.82) is 0 Å². The van der Waals surface area contributed by atoms with E-state index in [1.165, 1.54) is 23.8 Å². The van der Waals surface area contributed by atoms with E-state index in [0.29, 0.717) is 18.0 Å². The molecule has 0 saturated heterocycles. The van der Waals surface area contributed by atoms with E-state index in [9.17, 15) is 14.4 Å². The SMILES string of the molecule is CCN(CC(=O)Nc1ccccc1OC)C(=O)C[C@H]1Sc2ccccc2NC1=O. The van der Waals surface area contributed by atoms with Gasteiger partial charge in [0.2, 0.25) is 17.7 Å². The lowest BCUT2D eigenvalue weighted by atomic mass is 10.2. The zero-order valence-electron chi connectivity index (χ0n) is 16.3. The van der Waals surface area contributed by atoms with Crippen LogP contribution in [0.2, 0.25) is 0 Å². The number of likely N-dealkylation sites (N-methyl/N-ethyl adjacent to an activating group) is 1. The van der Waals surface area contributed by atoms with Gasteiger partial charge in [0, 0.05) is 17.9 Å². The molecule has 0 saturated carbocycles. The van der Waals surface area contributed by atoms with E-state index in [2.05, 4.69) is 10.6 Å². The number of hydrogen-bond acceptors (Lipinski definition) is 5. The highest BCUT2D eigenvalue weighted by atomic mass is 32.2. The van der Waals surface area contributed by atoms with Crippen molar-refractivity contribution in [2.75, 3.05) is 30.8 Å². The number of rotatable bonds is 7. The molecule has 0 radical (unpaired) electrons. The number of nitrogens with zero attached hydrogens (tertiary/aromatic N) is 1. The largest absolute Gasteiger partial charge is 0.495 e. The van der Waals surface area contributed by atoms with Gasteiger partial charge in [-0.2, -0.15) is 0 Å². The average molecular weight is 413 g/mol. The van der Waals surface area contributed by atoms with Gasteiger partial charge in [0.15, 0.2) is 0 Å². The first-order chi connectivity index (χ1) is 14.0. The van der Waals surface area contributed by atoms with E-state index >= 15 is 0 Å². The highest BCUT2D eigenvalue weighted by Gasteiger charge is 2.30. The third kappa shape index (κ3) is 5.08. The molecule has 2 aromatic carbocycles. The Labute approximate surface area is 173 Å². The molecular formula is C21H23N3O4S. The number of fused-ring (bicyclic) bond motifs is 1. The summed E-state index contributed by atoms with van der Waals surface area (Å²) in [5.74, 6) is -0.216. The maximum atomic E-state index is 12.7. The van der Waals surface area contributed by atoms with E-state index in [1.807, 2.05) is 24.3 Å². The first-order valence-corrected chi connectivity index (χ1v) is 10.2. The molecule has 3 rings (SSSR count). The van der Waals surface area contributed by atoms with E-state index in [-0.39, 0.29) is 30.7 Å². The van der Waals surface area contributed by atoms with Gasteiger partial charge in [-0.15, -0.1) is 11.8 Å². The molecule has 0 unspecified atom stereocenters. The molecule has 8 heteroatoms. The van der Waals surface area contributed by atoms with Crippen molar-refractivity contribution in [2.45, 2.75) is 23.5 Å². The van der Waals surface area contributed by atoms with Crippen molar-refractivity contribution >= 4 is 40.9 Å². The summed E-state index contributed by atoms with van der Waals surface area (Å²) in [6.45, 7) is 2.08. The van der Waals surface area contributed by atoms with Gasteiger partial charge in [0.05, 0.1) is 30.3 Å². The highest BCUT2D eigenvalue weighted by molar-refractivity contribution is 8.01. The van der Waals surface area contributed by atoms with E-state index in [4.69, 9.17) is 4.74 Å². The van der Waals surface area contributed by atoms with Crippen LogP contribution in [0.25, 0.3) is 0 Å². The fourth-order valence-electron chi connectivity index (χ4n) is 3.00. The second-order valence-corrected chi connectivity index (χ2v) is 7.70. The lowest BCUT2D eigenvalue weighted by molar-refractivity contribution is -0.135. The number of benzene rings is 2. The Morgan fingerprint density at radius 3 is 2.66 bits per heavy atom. The average Bonchev–Trinajstić information content (AvgIpc) is 2.72. The predicted octanol–water partition coefficient (Wildman–Crippen LogP) is 2.99. The molecule has 1 heterocycles. The van der Waals surface area contributed by atoms with Crippen LogP contribution in [0.5, 0.6) is 5.75 Å². The molecule has 0 aliphatic carbocycles. The highest BCUT2D eigenvalue weighted by Crippen LogP contribution is 2.36. The first-order valence-electron chi connectivity index (χ1n) is 9.29. The standard InChI is InChI=1S/C21H23N3O4S/c1-3-24(13-19(25)22-14-8-4-6-10-16(14)28-2)20(26)12-18-21(27)23-15-9-5-7-11-17(15)29-18/h4-11,18H,3,12-13H2,1-2H3,(H,22,25)(H,23,27)/t18-/m1/s1. The molecule has 2 aromatic rings. The van der Waals surface area contributed by atoms with Gasteiger partial charge in [0.1, 0.15) is 5.75 Å². The summed E-state index contributed by atoms with van der Waals surface area (Å²) in [5, 5.41) is 5.07. The van der Waals surface area contributed by atoms with Gasteiger partial charge in [0.25, 0.3) is 0 Å². The lowest BCUT2D eigenvalue weighted by Gasteiger charge is -2.26. The van der Waals surface area contributed by atoms with Crippen LogP contribution >= 0.6 is 11.8 Å². The van der Waals surface area contributed by atoms with Crippen LogP contribution in [0, 0.1) is 0 Å². The van der Waals surface area contributed by atoms with Gasteiger partial charge in [-0.25, -0.2) is 0 Å². The monoisotopic (exact) mass is 413 g/mol. The molecule has 7 nitrogen and oxygen atoms in total. The minimum atomic E-state index is -0.524. The van der Waals surface area contributed by atoms with Crippen LogP contribution in [0.15, 0.2) is 53.4 Å². The number of amides is 3. The molecule has 1 aliphatic heterocycles. The number of methoxy groups -OCH3 is 1. The van der Waals surface area contributed by atoms with Gasteiger partial charge in [-0.1, -0.05) is 24.3 Å². The minimum Gasteiger partial charge on any atom is -0.495 e. The maximum absolute atomic E-state index is 12.7. The van der Waals surface area contributed by atoms with Crippen LogP contribution in [-0.4, -0.2) is 48.1 Å². The Morgan fingerprint density at radius 1 is 1.17 bits per heavy atom. The second-order valence-electron chi connectivity index (χ2n) is 6.45. The molecule has 3 amide bonds. The van der Waals surface area contributed by atoms with Gasteiger partial charge >= 0.3 is 0 Å². The number of carbonyl (C=O) groups is 3.